The first-order valence-corrected chi connectivity index (χ1v) is 9.24. The molecular formula is C18H17NO5S. The molecule has 4 rings (SSSR count). The lowest BCUT2D eigenvalue weighted by atomic mass is 10.0. The Labute approximate surface area is 148 Å². The molecule has 0 radical (unpaired) electrons. The zero-order valence-corrected chi connectivity index (χ0v) is 14.4. The number of benzene rings is 1. The summed E-state index contributed by atoms with van der Waals surface area (Å²) in [6.45, 7) is 0.498. The summed E-state index contributed by atoms with van der Waals surface area (Å²) >= 11 is 1.20. The maximum Gasteiger partial charge on any atom is 0.336 e. The first-order valence-electron chi connectivity index (χ1n) is 8.26. The van der Waals surface area contributed by atoms with Gasteiger partial charge in [-0.25, -0.2) is 4.79 Å². The summed E-state index contributed by atoms with van der Waals surface area (Å²) in [7, 11) is 0. The predicted octanol–water partition coefficient (Wildman–Crippen LogP) is 2.49. The average molecular weight is 359 g/mol. The minimum absolute atomic E-state index is 0.00507. The van der Waals surface area contributed by atoms with Crippen LogP contribution in [0.4, 0.5) is 4.79 Å². The van der Waals surface area contributed by atoms with E-state index in [1.54, 1.807) is 0 Å². The smallest absolute Gasteiger partial charge is 0.336 e. The summed E-state index contributed by atoms with van der Waals surface area (Å²) in [6.07, 6.45) is 3.11. The third kappa shape index (κ3) is 3.28. The van der Waals surface area contributed by atoms with E-state index >= 15 is 0 Å². The molecule has 1 aliphatic heterocycles. The fourth-order valence-corrected chi connectivity index (χ4v) is 4.17. The average Bonchev–Trinajstić information content (AvgIpc) is 3.19. The van der Waals surface area contributed by atoms with E-state index in [2.05, 4.69) is 0 Å². The van der Waals surface area contributed by atoms with Crippen LogP contribution in [-0.2, 0) is 29.0 Å². The number of ether oxygens (including phenoxy) is 1. The van der Waals surface area contributed by atoms with Crippen LogP contribution in [0.5, 0.6) is 0 Å². The summed E-state index contributed by atoms with van der Waals surface area (Å²) in [5.41, 5.74) is 3.19. The van der Waals surface area contributed by atoms with Crippen molar-refractivity contribution >= 4 is 33.9 Å². The van der Waals surface area contributed by atoms with Crippen LogP contribution in [0.3, 0.4) is 0 Å². The molecule has 0 spiro atoms. The Morgan fingerprint density at radius 3 is 2.76 bits per heavy atom. The van der Waals surface area contributed by atoms with Crippen LogP contribution >= 0.6 is 11.8 Å². The normalized spacial score (nSPS) is 16.5. The highest BCUT2D eigenvalue weighted by molar-refractivity contribution is 8.13. The summed E-state index contributed by atoms with van der Waals surface area (Å²) in [5, 5.41) is 0.708. The summed E-state index contributed by atoms with van der Waals surface area (Å²) < 4.78 is 10.6. The van der Waals surface area contributed by atoms with Gasteiger partial charge in [0.25, 0.3) is 5.24 Å². The van der Waals surface area contributed by atoms with E-state index in [1.807, 2.05) is 12.1 Å². The molecule has 1 fully saturated rings. The molecular weight excluding hydrogens is 342 g/mol. The second kappa shape index (κ2) is 6.55. The first-order chi connectivity index (χ1) is 12.1. The summed E-state index contributed by atoms with van der Waals surface area (Å²) in [5.74, 6) is 0.222. The van der Waals surface area contributed by atoms with E-state index in [0.29, 0.717) is 23.4 Å². The minimum Gasteiger partial charge on any atom is -0.459 e. The highest BCUT2D eigenvalue weighted by atomic mass is 32.2. The molecule has 0 saturated carbocycles. The van der Waals surface area contributed by atoms with Crippen LogP contribution in [0.2, 0.25) is 0 Å². The lowest BCUT2D eigenvalue weighted by Crippen LogP contribution is -2.30. The van der Waals surface area contributed by atoms with Crippen molar-refractivity contribution in [2.24, 2.45) is 0 Å². The quantitative estimate of drug-likeness (QED) is 0.617. The lowest BCUT2D eigenvalue weighted by molar-refractivity contribution is -0.145. The standard InChI is InChI=1S/C18H17NO5S/c20-16-8-13(10-23-17(21)9-19-4-5-25-18(19)22)14-6-11-2-1-3-12(11)7-15(14)24-16/h6-8H,1-5,9-10H2. The molecule has 0 N–H and O–H groups in total. The molecule has 7 heteroatoms. The van der Waals surface area contributed by atoms with Crippen molar-refractivity contribution in [1.82, 2.24) is 4.90 Å². The molecule has 0 bridgehead atoms. The summed E-state index contributed by atoms with van der Waals surface area (Å²) in [6, 6.07) is 5.32. The predicted molar refractivity (Wildman–Crippen MR) is 93.7 cm³/mol. The maximum atomic E-state index is 12.0. The minimum atomic E-state index is -0.474. The molecule has 0 atom stereocenters. The number of hydrogen-bond acceptors (Lipinski definition) is 6. The van der Waals surface area contributed by atoms with Crippen molar-refractivity contribution in [3.63, 3.8) is 0 Å². The second-order valence-electron chi connectivity index (χ2n) is 6.26. The Morgan fingerprint density at radius 1 is 1.20 bits per heavy atom. The van der Waals surface area contributed by atoms with E-state index in [-0.39, 0.29) is 18.4 Å². The molecule has 1 amide bonds. The highest BCUT2D eigenvalue weighted by Crippen LogP contribution is 2.28. The van der Waals surface area contributed by atoms with Crippen molar-refractivity contribution in [1.29, 1.82) is 0 Å². The number of aryl methyl sites for hydroxylation is 2. The fraction of sp³-hybridized carbons (Fsp3) is 0.389. The van der Waals surface area contributed by atoms with Gasteiger partial charge in [0, 0.05) is 29.3 Å². The number of fused-ring (bicyclic) bond motifs is 2. The monoisotopic (exact) mass is 359 g/mol. The van der Waals surface area contributed by atoms with E-state index in [0.717, 1.165) is 24.6 Å². The van der Waals surface area contributed by atoms with Gasteiger partial charge in [-0.2, -0.15) is 0 Å². The van der Waals surface area contributed by atoms with Crippen LogP contribution in [0, 0.1) is 0 Å². The molecule has 1 aromatic heterocycles. The van der Waals surface area contributed by atoms with Crippen LogP contribution in [0.1, 0.15) is 23.1 Å². The second-order valence-corrected chi connectivity index (χ2v) is 7.30. The van der Waals surface area contributed by atoms with Gasteiger partial charge in [-0.15, -0.1) is 0 Å². The molecule has 1 aliphatic carbocycles. The van der Waals surface area contributed by atoms with Gasteiger partial charge >= 0.3 is 11.6 Å². The molecule has 25 heavy (non-hydrogen) atoms. The van der Waals surface area contributed by atoms with Crippen LogP contribution < -0.4 is 5.63 Å². The first kappa shape index (κ1) is 16.2. The third-order valence-corrected chi connectivity index (χ3v) is 5.49. The summed E-state index contributed by atoms with van der Waals surface area (Å²) in [4.78, 5) is 36.8. The van der Waals surface area contributed by atoms with Crippen molar-refractivity contribution < 1.29 is 18.7 Å². The Balaban J connectivity index is 1.53. The van der Waals surface area contributed by atoms with Gasteiger partial charge in [0.1, 0.15) is 18.7 Å². The number of esters is 1. The number of nitrogens with zero attached hydrogens (tertiary/aromatic N) is 1. The van der Waals surface area contributed by atoms with E-state index in [1.165, 1.54) is 33.9 Å². The van der Waals surface area contributed by atoms with E-state index < -0.39 is 11.6 Å². The largest absolute Gasteiger partial charge is 0.459 e. The van der Waals surface area contributed by atoms with Gasteiger partial charge in [-0.05, 0) is 42.5 Å². The molecule has 2 aliphatic rings. The number of carbonyl (C=O) groups is 2. The van der Waals surface area contributed by atoms with Gasteiger partial charge in [-0.1, -0.05) is 11.8 Å². The number of rotatable bonds is 4. The Bertz CT molecular complexity index is 920. The van der Waals surface area contributed by atoms with Crippen molar-refractivity contribution in [3.8, 4) is 0 Å². The van der Waals surface area contributed by atoms with Gasteiger partial charge in [0.05, 0.1) is 0 Å². The SMILES string of the molecule is O=C(CN1CCSC1=O)OCc1cc(=O)oc2cc3c(cc12)CCC3. The van der Waals surface area contributed by atoms with E-state index in [9.17, 15) is 14.4 Å². The molecule has 0 unspecified atom stereocenters. The van der Waals surface area contributed by atoms with Gasteiger partial charge in [0.15, 0.2) is 0 Å². The molecule has 6 nitrogen and oxygen atoms in total. The van der Waals surface area contributed by atoms with E-state index in [4.69, 9.17) is 9.15 Å². The lowest BCUT2D eigenvalue weighted by Gasteiger charge is -2.14. The van der Waals surface area contributed by atoms with Crippen LogP contribution in [0.25, 0.3) is 11.0 Å². The third-order valence-electron chi connectivity index (χ3n) is 4.60. The highest BCUT2D eigenvalue weighted by Gasteiger charge is 2.24. The van der Waals surface area contributed by atoms with Crippen molar-refractivity contribution in [2.45, 2.75) is 25.9 Å². The Hall–Kier alpha value is -2.28. The zero-order valence-electron chi connectivity index (χ0n) is 13.6. The van der Waals surface area contributed by atoms with Crippen LogP contribution in [0.15, 0.2) is 27.4 Å². The van der Waals surface area contributed by atoms with Crippen molar-refractivity contribution in [2.75, 3.05) is 18.8 Å². The molecule has 1 aromatic carbocycles. The van der Waals surface area contributed by atoms with Crippen LogP contribution in [-0.4, -0.2) is 35.0 Å². The molecule has 2 heterocycles. The number of thioether (sulfide) groups is 1. The zero-order chi connectivity index (χ0) is 17.4. The Morgan fingerprint density at radius 2 is 2.00 bits per heavy atom. The number of hydrogen-bond donors (Lipinski definition) is 0. The number of amides is 1. The van der Waals surface area contributed by atoms with Crippen molar-refractivity contribution in [3.05, 3.63) is 45.3 Å². The molecule has 1 saturated heterocycles. The number of carbonyl (C=O) groups excluding carboxylic acids is 2. The fourth-order valence-electron chi connectivity index (χ4n) is 3.34. The molecule has 2 aromatic rings. The topological polar surface area (TPSA) is 76.8 Å². The van der Waals surface area contributed by atoms with Gasteiger partial charge < -0.3 is 14.1 Å². The van der Waals surface area contributed by atoms with Gasteiger partial charge in [0.2, 0.25) is 0 Å². The van der Waals surface area contributed by atoms with Gasteiger partial charge in [-0.3, -0.25) is 9.59 Å². The maximum absolute atomic E-state index is 12.0. The Kier molecular flexibility index (Phi) is 4.25. The molecule has 130 valence electrons.